The van der Waals surface area contributed by atoms with Gasteiger partial charge in [-0.05, 0) is 19.1 Å². The van der Waals surface area contributed by atoms with Crippen LogP contribution in [-0.2, 0) is 9.53 Å². The van der Waals surface area contributed by atoms with Gasteiger partial charge in [0.05, 0.1) is 27.8 Å². The molecule has 1 aliphatic heterocycles. The lowest BCUT2D eigenvalue weighted by molar-refractivity contribution is -0.122. The fourth-order valence-corrected chi connectivity index (χ4v) is 2.51. The second kappa shape index (κ2) is 6.64. The zero-order chi connectivity index (χ0) is 16.4. The molecule has 0 unspecified atom stereocenters. The molecule has 8 heteroatoms. The molecule has 0 aromatic heterocycles. The molecule has 1 atom stereocenters. The van der Waals surface area contributed by atoms with Crippen LogP contribution in [0.5, 0.6) is 0 Å². The van der Waals surface area contributed by atoms with E-state index in [1.165, 1.54) is 19.2 Å². The molecule has 0 aliphatic carbocycles. The Hall–Kier alpha value is -1.63. The van der Waals surface area contributed by atoms with Crippen molar-refractivity contribution >= 4 is 40.9 Å². The Balaban J connectivity index is 2.13. The Morgan fingerprint density at radius 2 is 1.73 bits per heavy atom. The summed E-state index contributed by atoms with van der Waals surface area (Å²) in [5.41, 5.74) is 0.300. The molecular weight excluding hydrogens is 331 g/mol. The van der Waals surface area contributed by atoms with E-state index in [1.54, 1.807) is 6.92 Å². The van der Waals surface area contributed by atoms with E-state index in [0.717, 1.165) is 4.90 Å². The van der Waals surface area contributed by atoms with Gasteiger partial charge in [-0.15, -0.1) is 0 Å². The topological polar surface area (TPSA) is 75.7 Å². The summed E-state index contributed by atoms with van der Waals surface area (Å²) in [5, 5.41) is 3.00. The van der Waals surface area contributed by atoms with Crippen LogP contribution in [0, 0.1) is 0 Å². The number of carbonyl (C=O) groups is 3. The molecule has 0 saturated carbocycles. The van der Waals surface area contributed by atoms with Crippen LogP contribution in [0.25, 0.3) is 0 Å². The summed E-state index contributed by atoms with van der Waals surface area (Å²) in [4.78, 5) is 37.2. The van der Waals surface area contributed by atoms with E-state index < -0.39 is 17.7 Å². The van der Waals surface area contributed by atoms with E-state index in [9.17, 15) is 14.4 Å². The number of nitrogens with one attached hydrogen (secondary N) is 1. The molecule has 0 bridgehead atoms. The molecule has 1 N–H and O–H groups in total. The molecule has 0 radical (unpaired) electrons. The monoisotopic (exact) mass is 344 g/mol. The molecule has 3 amide bonds. The Morgan fingerprint density at radius 3 is 2.18 bits per heavy atom. The van der Waals surface area contributed by atoms with E-state index in [2.05, 4.69) is 5.32 Å². The third kappa shape index (κ3) is 3.24. The Kier molecular flexibility index (Phi) is 5.05. The summed E-state index contributed by atoms with van der Waals surface area (Å²) in [6, 6.07) is 2.45. The first-order chi connectivity index (χ1) is 10.3. The average Bonchev–Trinajstić information content (AvgIpc) is 2.65. The minimum atomic E-state index is -0.562. The number of fused-ring (bicyclic) bond motifs is 1. The quantitative estimate of drug-likeness (QED) is 0.825. The zero-order valence-electron chi connectivity index (χ0n) is 12.0. The maximum Gasteiger partial charge on any atom is 0.262 e. The highest BCUT2D eigenvalue weighted by atomic mass is 35.5. The van der Waals surface area contributed by atoms with E-state index in [1.807, 2.05) is 0 Å². The Labute approximate surface area is 137 Å². The zero-order valence-corrected chi connectivity index (χ0v) is 13.5. The van der Waals surface area contributed by atoms with Crippen LogP contribution in [0.15, 0.2) is 12.1 Å². The third-order valence-electron chi connectivity index (χ3n) is 3.14. The molecule has 0 fully saturated rings. The van der Waals surface area contributed by atoms with Crippen LogP contribution in [-0.4, -0.2) is 48.9 Å². The van der Waals surface area contributed by atoms with Crippen LogP contribution >= 0.6 is 23.2 Å². The number of hydrogen-bond acceptors (Lipinski definition) is 4. The van der Waals surface area contributed by atoms with Crippen molar-refractivity contribution in [1.29, 1.82) is 0 Å². The highest BCUT2D eigenvalue weighted by molar-refractivity contribution is 6.43. The number of halogens is 2. The molecule has 0 spiro atoms. The number of rotatable bonds is 5. The maximum absolute atomic E-state index is 12.2. The van der Waals surface area contributed by atoms with Crippen molar-refractivity contribution in [3.05, 3.63) is 33.3 Å². The fraction of sp³-hybridized carbons (Fsp3) is 0.357. The summed E-state index contributed by atoms with van der Waals surface area (Å²) < 4.78 is 4.90. The number of amides is 3. The number of hydrogen-bond donors (Lipinski definition) is 1. The molecule has 1 aromatic rings. The van der Waals surface area contributed by atoms with Crippen LogP contribution in [0.1, 0.15) is 27.6 Å². The number of ether oxygens (including phenoxy) is 1. The first kappa shape index (κ1) is 16.7. The van der Waals surface area contributed by atoms with E-state index >= 15 is 0 Å². The van der Waals surface area contributed by atoms with Crippen molar-refractivity contribution in [2.45, 2.75) is 13.0 Å². The third-order valence-corrected chi connectivity index (χ3v) is 3.86. The molecule has 0 saturated heterocycles. The van der Waals surface area contributed by atoms with Gasteiger partial charge in [0.2, 0.25) is 5.91 Å². The van der Waals surface area contributed by atoms with Crippen LogP contribution < -0.4 is 5.32 Å². The standard InChI is InChI=1S/C14H14Cl2N2O4/c1-7(6-22-2)17-12(19)5-18-13(20)8-3-10(15)11(16)4-9(8)14(18)21/h3-4,7H,5-6H2,1-2H3,(H,17,19)/t7-/m0/s1. The Morgan fingerprint density at radius 1 is 1.23 bits per heavy atom. The predicted octanol–water partition coefficient (Wildman–Crippen LogP) is 1.74. The molecule has 1 aliphatic rings. The van der Waals surface area contributed by atoms with Gasteiger partial charge in [0.1, 0.15) is 6.54 Å². The van der Waals surface area contributed by atoms with Crippen molar-refractivity contribution in [3.8, 4) is 0 Å². The lowest BCUT2D eigenvalue weighted by Crippen LogP contribution is -2.44. The van der Waals surface area contributed by atoms with Gasteiger partial charge < -0.3 is 10.1 Å². The largest absolute Gasteiger partial charge is 0.383 e. The van der Waals surface area contributed by atoms with Gasteiger partial charge in [-0.25, -0.2) is 0 Å². The minimum Gasteiger partial charge on any atom is -0.383 e. The molecule has 22 heavy (non-hydrogen) atoms. The summed E-state index contributed by atoms with van der Waals surface area (Å²) >= 11 is 11.7. The van der Waals surface area contributed by atoms with Crippen molar-refractivity contribution in [1.82, 2.24) is 10.2 Å². The number of nitrogens with zero attached hydrogens (tertiary/aromatic N) is 1. The molecule has 1 aromatic carbocycles. The minimum absolute atomic E-state index is 0.150. The smallest absolute Gasteiger partial charge is 0.262 e. The van der Waals surface area contributed by atoms with Gasteiger partial charge in [-0.1, -0.05) is 23.2 Å². The van der Waals surface area contributed by atoms with E-state index in [0.29, 0.717) is 6.61 Å². The highest BCUT2D eigenvalue weighted by Crippen LogP contribution is 2.31. The van der Waals surface area contributed by atoms with Crippen molar-refractivity contribution < 1.29 is 19.1 Å². The van der Waals surface area contributed by atoms with Crippen LogP contribution in [0.4, 0.5) is 0 Å². The first-order valence-electron chi connectivity index (χ1n) is 6.48. The lowest BCUT2D eigenvalue weighted by Gasteiger charge is -2.16. The summed E-state index contributed by atoms with van der Waals surface area (Å²) in [6.07, 6.45) is 0. The number of carbonyl (C=O) groups excluding carboxylic acids is 3. The van der Waals surface area contributed by atoms with Gasteiger partial charge in [-0.3, -0.25) is 19.3 Å². The molecule has 6 nitrogen and oxygen atoms in total. The van der Waals surface area contributed by atoms with Gasteiger partial charge in [0.25, 0.3) is 11.8 Å². The summed E-state index contributed by atoms with van der Waals surface area (Å²) in [5.74, 6) is -1.57. The van der Waals surface area contributed by atoms with Crippen molar-refractivity contribution in [2.24, 2.45) is 0 Å². The van der Waals surface area contributed by atoms with Crippen LogP contribution in [0.2, 0.25) is 10.0 Å². The number of benzene rings is 1. The van der Waals surface area contributed by atoms with Gasteiger partial charge in [-0.2, -0.15) is 0 Å². The molecule has 118 valence electrons. The fourth-order valence-electron chi connectivity index (χ4n) is 2.18. The van der Waals surface area contributed by atoms with Gasteiger partial charge in [0, 0.05) is 13.2 Å². The highest BCUT2D eigenvalue weighted by Gasteiger charge is 2.37. The molecule has 2 rings (SSSR count). The summed E-state index contributed by atoms with van der Waals surface area (Å²) in [7, 11) is 1.51. The number of imide groups is 1. The second-order valence-electron chi connectivity index (χ2n) is 4.93. The second-order valence-corrected chi connectivity index (χ2v) is 5.75. The average molecular weight is 345 g/mol. The SMILES string of the molecule is COC[C@H](C)NC(=O)CN1C(=O)c2cc(Cl)c(Cl)cc2C1=O. The van der Waals surface area contributed by atoms with E-state index in [-0.39, 0.29) is 33.8 Å². The summed E-state index contributed by atoms with van der Waals surface area (Å²) in [6.45, 7) is 1.72. The maximum atomic E-state index is 12.2. The Bertz CT molecular complexity index is 607. The van der Waals surface area contributed by atoms with Crippen LogP contribution in [0.3, 0.4) is 0 Å². The first-order valence-corrected chi connectivity index (χ1v) is 7.24. The van der Waals surface area contributed by atoms with E-state index in [4.69, 9.17) is 27.9 Å². The molecule has 1 heterocycles. The normalized spacial score (nSPS) is 15.0. The van der Waals surface area contributed by atoms with Gasteiger partial charge in [0.15, 0.2) is 0 Å². The lowest BCUT2D eigenvalue weighted by atomic mass is 10.1. The molecular formula is C14H14Cl2N2O4. The predicted molar refractivity (Wildman–Crippen MR) is 81.3 cm³/mol. The van der Waals surface area contributed by atoms with Crippen molar-refractivity contribution in [2.75, 3.05) is 20.3 Å². The number of methoxy groups -OCH3 is 1. The van der Waals surface area contributed by atoms with Crippen molar-refractivity contribution in [3.63, 3.8) is 0 Å². The van der Waals surface area contributed by atoms with Gasteiger partial charge >= 0.3 is 0 Å².